The highest BCUT2D eigenvalue weighted by Gasteiger charge is 2.27. The molecule has 0 saturated carbocycles. The molecule has 2 unspecified atom stereocenters. The second-order valence-electron chi connectivity index (χ2n) is 5.29. The summed E-state index contributed by atoms with van der Waals surface area (Å²) in [5.41, 5.74) is 2.64. The second kappa shape index (κ2) is 6.92. The van der Waals surface area contributed by atoms with Crippen LogP contribution in [0.25, 0.3) is 0 Å². The van der Waals surface area contributed by atoms with Crippen molar-refractivity contribution in [1.29, 1.82) is 0 Å². The van der Waals surface area contributed by atoms with Gasteiger partial charge in [0.1, 0.15) is 0 Å². The summed E-state index contributed by atoms with van der Waals surface area (Å²) in [6.45, 7) is 7.38. The van der Waals surface area contributed by atoms with Gasteiger partial charge in [0.25, 0.3) is 0 Å². The molecule has 1 aliphatic rings. The summed E-state index contributed by atoms with van der Waals surface area (Å²) in [6.07, 6.45) is 2.35. The van der Waals surface area contributed by atoms with E-state index < -0.39 is 0 Å². The van der Waals surface area contributed by atoms with E-state index in [2.05, 4.69) is 48.3 Å². The molecular formula is C16H26N2O. The van der Waals surface area contributed by atoms with Crippen molar-refractivity contribution < 1.29 is 4.74 Å². The molecule has 0 aliphatic carbocycles. The normalized spacial score (nSPS) is 23.6. The van der Waals surface area contributed by atoms with Crippen molar-refractivity contribution >= 4 is 5.69 Å². The van der Waals surface area contributed by atoms with Gasteiger partial charge in [-0.1, -0.05) is 32.0 Å². The van der Waals surface area contributed by atoms with Gasteiger partial charge in [-0.2, -0.15) is 0 Å². The molecule has 0 aromatic heterocycles. The van der Waals surface area contributed by atoms with Crippen LogP contribution in [0.5, 0.6) is 0 Å². The highest BCUT2D eigenvalue weighted by atomic mass is 16.5. The minimum Gasteiger partial charge on any atom is -0.380 e. The number of para-hydroxylation sites is 1. The van der Waals surface area contributed by atoms with Gasteiger partial charge >= 0.3 is 0 Å². The fraction of sp³-hybridized carbons (Fsp3) is 0.625. The highest BCUT2D eigenvalue weighted by Crippen LogP contribution is 2.26. The number of methoxy groups -OCH3 is 1. The van der Waals surface area contributed by atoms with Gasteiger partial charge in [0.2, 0.25) is 0 Å². The lowest BCUT2D eigenvalue weighted by Gasteiger charge is -2.42. The number of anilines is 1. The molecule has 1 N–H and O–H groups in total. The molecule has 19 heavy (non-hydrogen) atoms. The van der Waals surface area contributed by atoms with E-state index in [4.69, 9.17) is 4.74 Å². The minimum atomic E-state index is 0.584. The van der Waals surface area contributed by atoms with Crippen LogP contribution in [0.2, 0.25) is 0 Å². The fourth-order valence-corrected chi connectivity index (χ4v) is 2.87. The van der Waals surface area contributed by atoms with E-state index in [0.717, 1.165) is 13.1 Å². The lowest BCUT2D eigenvalue weighted by Crippen LogP contribution is -2.56. The summed E-state index contributed by atoms with van der Waals surface area (Å²) in [5.74, 6) is 0. The van der Waals surface area contributed by atoms with E-state index >= 15 is 0 Å². The molecule has 1 aliphatic heterocycles. The molecule has 3 nitrogen and oxygen atoms in total. The molecule has 2 atom stereocenters. The Hall–Kier alpha value is -1.06. The van der Waals surface area contributed by atoms with Gasteiger partial charge in [-0.05, 0) is 18.9 Å². The summed E-state index contributed by atoms with van der Waals surface area (Å²) >= 11 is 0. The maximum absolute atomic E-state index is 5.34. The Morgan fingerprint density at radius 2 is 2.05 bits per heavy atom. The predicted molar refractivity (Wildman–Crippen MR) is 80.7 cm³/mol. The van der Waals surface area contributed by atoms with Crippen LogP contribution in [0.1, 0.15) is 32.3 Å². The standard InChI is InChI=1S/C16H26N2O/c1-4-14-11-18(15(5-2)10-17-14)16-9-7-6-8-13(16)12-19-3/h6-9,14-15,17H,4-5,10-12H2,1-3H3. The predicted octanol–water partition coefficient (Wildman–Crippen LogP) is 2.80. The van der Waals surface area contributed by atoms with Crippen LogP contribution in [0.4, 0.5) is 5.69 Å². The molecule has 3 heteroatoms. The number of benzene rings is 1. The third-order valence-electron chi connectivity index (χ3n) is 4.06. The van der Waals surface area contributed by atoms with Crippen molar-refractivity contribution in [2.45, 2.75) is 45.4 Å². The van der Waals surface area contributed by atoms with Crippen molar-refractivity contribution in [2.24, 2.45) is 0 Å². The van der Waals surface area contributed by atoms with Gasteiger partial charge in [-0.25, -0.2) is 0 Å². The Balaban J connectivity index is 2.25. The number of piperazine rings is 1. The van der Waals surface area contributed by atoms with E-state index in [-0.39, 0.29) is 0 Å². The zero-order valence-electron chi connectivity index (χ0n) is 12.4. The van der Waals surface area contributed by atoms with Gasteiger partial charge < -0.3 is 15.0 Å². The number of ether oxygens (including phenoxy) is 1. The maximum atomic E-state index is 5.34. The van der Waals surface area contributed by atoms with E-state index in [9.17, 15) is 0 Å². The molecule has 0 radical (unpaired) electrons. The summed E-state index contributed by atoms with van der Waals surface area (Å²) in [6, 6.07) is 9.81. The van der Waals surface area contributed by atoms with Gasteiger partial charge in [0.05, 0.1) is 6.61 Å². The van der Waals surface area contributed by atoms with E-state index in [0.29, 0.717) is 18.7 Å². The topological polar surface area (TPSA) is 24.5 Å². The second-order valence-corrected chi connectivity index (χ2v) is 5.29. The first-order valence-electron chi connectivity index (χ1n) is 7.37. The first-order chi connectivity index (χ1) is 9.30. The van der Waals surface area contributed by atoms with Crippen molar-refractivity contribution in [3.8, 4) is 0 Å². The molecule has 1 fully saturated rings. The van der Waals surface area contributed by atoms with Crippen LogP contribution < -0.4 is 10.2 Å². The van der Waals surface area contributed by atoms with Gasteiger partial charge in [0, 0.05) is 43.5 Å². The molecular weight excluding hydrogens is 236 g/mol. The molecule has 1 aromatic carbocycles. The highest BCUT2D eigenvalue weighted by molar-refractivity contribution is 5.55. The Bertz CT molecular complexity index is 394. The number of hydrogen-bond acceptors (Lipinski definition) is 3. The number of nitrogens with one attached hydrogen (secondary N) is 1. The monoisotopic (exact) mass is 262 g/mol. The van der Waals surface area contributed by atoms with Crippen molar-refractivity contribution in [3.63, 3.8) is 0 Å². The molecule has 1 saturated heterocycles. The molecule has 0 spiro atoms. The smallest absolute Gasteiger partial charge is 0.0733 e. The van der Waals surface area contributed by atoms with Gasteiger partial charge in [0.15, 0.2) is 0 Å². The van der Waals surface area contributed by atoms with Crippen LogP contribution in [0.3, 0.4) is 0 Å². The first-order valence-corrected chi connectivity index (χ1v) is 7.37. The van der Waals surface area contributed by atoms with E-state index in [1.54, 1.807) is 7.11 Å². The van der Waals surface area contributed by atoms with Crippen molar-refractivity contribution in [2.75, 3.05) is 25.1 Å². The molecule has 0 bridgehead atoms. The lowest BCUT2D eigenvalue weighted by molar-refractivity contribution is 0.185. The van der Waals surface area contributed by atoms with Crippen molar-refractivity contribution in [1.82, 2.24) is 5.32 Å². The van der Waals surface area contributed by atoms with Gasteiger partial charge in [-0.15, -0.1) is 0 Å². The third kappa shape index (κ3) is 3.28. The minimum absolute atomic E-state index is 0.584. The molecule has 2 rings (SSSR count). The van der Waals surface area contributed by atoms with Crippen LogP contribution in [0.15, 0.2) is 24.3 Å². The number of hydrogen-bond donors (Lipinski definition) is 1. The zero-order chi connectivity index (χ0) is 13.7. The summed E-state index contributed by atoms with van der Waals surface area (Å²) in [4.78, 5) is 2.57. The van der Waals surface area contributed by atoms with E-state index in [1.165, 1.54) is 24.1 Å². The average molecular weight is 262 g/mol. The molecule has 0 amide bonds. The lowest BCUT2D eigenvalue weighted by atomic mass is 10.0. The Kier molecular flexibility index (Phi) is 5.23. The van der Waals surface area contributed by atoms with E-state index in [1.807, 2.05) is 0 Å². The van der Waals surface area contributed by atoms with Crippen molar-refractivity contribution in [3.05, 3.63) is 29.8 Å². The van der Waals surface area contributed by atoms with Crippen LogP contribution in [-0.4, -0.2) is 32.3 Å². The molecule has 1 heterocycles. The largest absolute Gasteiger partial charge is 0.380 e. The number of rotatable bonds is 5. The Morgan fingerprint density at radius 1 is 1.26 bits per heavy atom. The number of nitrogens with zero attached hydrogens (tertiary/aromatic N) is 1. The molecule has 1 aromatic rings. The summed E-state index contributed by atoms with van der Waals surface area (Å²) in [7, 11) is 1.76. The van der Waals surface area contributed by atoms with Gasteiger partial charge in [-0.3, -0.25) is 0 Å². The maximum Gasteiger partial charge on any atom is 0.0733 e. The Labute approximate surface area is 116 Å². The zero-order valence-corrected chi connectivity index (χ0v) is 12.4. The third-order valence-corrected chi connectivity index (χ3v) is 4.06. The SMILES string of the molecule is CCC1CN(c2ccccc2COC)C(CC)CN1. The van der Waals surface area contributed by atoms with Crippen LogP contribution in [-0.2, 0) is 11.3 Å². The average Bonchev–Trinajstić information content (AvgIpc) is 2.47. The Morgan fingerprint density at radius 3 is 2.74 bits per heavy atom. The van der Waals surface area contributed by atoms with Crippen LogP contribution >= 0.6 is 0 Å². The molecule has 106 valence electrons. The first kappa shape index (κ1) is 14.4. The summed E-state index contributed by atoms with van der Waals surface area (Å²) < 4.78 is 5.34. The van der Waals surface area contributed by atoms with Crippen LogP contribution in [0, 0.1) is 0 Å². The fourth-order valence-electron chi connectivity index (χ4n) is 2.87. The summed E-state index contributed by atoms with van der Waals surface area (Å²) in [5, 5.41) is 3.65. The quantitative estimate of drug-likeness (QED) is 0.883.